The Morgan fingerprint density at radius 3 is 2.95 bits per heavy atom. The quantitative estimate of drug-likeness (QED) is 0.880. The third kappa shape index (κ3) is 2.19. The first-order valence-corrected chi connectivity index (χ1v) is 6.83. The molecule has 0 aromatic carbocycles. The number of fused-ring (bicyclic) bond motifs is 1. The molecule has 7 heteroatoms. The molecular formula is C13H17N5O2. The molecule has 0 atom stereocenters. The molecule has 106 valence electrons. The van der Waals surface area contributed by atoms with Crippen molar-refractivity contribution in [3.63, 3.8) is 0 Å². The van der Waals surface area contributed by atoms with Crippen molar-refractivity contribution < 1.29 is 9.90 Å². The maximum atomic E-state index is 11.6. The molecule has 3 rings (SSSR count). The summed E-state index contributed by atoms with van der Waals surface area (Å²) >= 11 is 0. The number of nitrogens with one attached hydrogen (secondary N) is 1. The van der Waals surface area contributed by atoms with Crippen LogP contribution in [0.15, 0.2) is 18.7 Å². The van der Waals surface area contributed by atoms with Gasteiger partial charge in [-0.2, -0.15) is 0 Å². The van der Waals surface area contributed by atoms with Gasteiger partial charge in [0.15, 0.2) is 5.82 Å². The van der Waals surface area contributed by atoms with Gasteiger partial charge in [-0.05, 0) is 12.8 Å². The van der Waals surface area contributed by atoms with Crippen molar-refractivity contribution in [2.45, 2.75) is 32.1 Å². The van der Waals surface area contributed by atoms with Crippen LogP contribution in [0.3, 0.4) is 0 Å². The van der Waals surface area contributed by atoms with Crippen LogP contribution in [0.2, 0.25) is 0 Å². The van der Waals surface area contributed by atoms with Crippen molar-refractivity contribution in [2.75, 3.05) is 11.9 Å². The fourth-order valence-corrected chi connectivity index (χ4v) is 2.83. The monoisotopic (exact) mass is 275 g/mol. The van der Waals surface area contributed by atoms with Crippen LogP contribution in [-0.4, -0.2) is 37.2 Å². The van der Waals surface area contributed by atoms with E-state index < -0.39 is 11.4 Å². The second-order valence-electron chi connectivity index (χ2n) is 5.34. The summed E-state index contributed by atoms with van der Waals surface area (Å²) in [5, 5.41) is 20.5. The van der Waals surface area contributed by atoms with Crippen LogP contribution < -0.4 is 5.32 Å². The molecule has 1 fully saturated rings. The van der Waals surface area contributed by atoms with E-state index in [0.29, 0.717) is 30.9 Å². The van der Waals surface area contributed by atoms with E-state index in [4.69, 9.17) is 0 Å². The van der Waals surface area contributed by atoms with Crippen molar-refractivity contribution in [2.24, 2.45) is 5.41 Å². The molecule has 0 saturated heterocycles. The van der Waals surface area contributed by atoms with Gasteiger partial charge in [-0.1, -0.05) is 19.3 Å². The van der Waals surface area contributed by atoms with Crippen molar-refractivity contribution in [1.82, 2.24) is 19.6 Å². The van der Waals surface area contributed by atoms with E-state index in [-0.39, 0.29) is 0 Å². The minimum Gasteiger partial charge on any atom is -0.481 e. The molecule has 20 heavy (non-hydrogen) atoms. The number of hydrogen-bond donors (Lipinski definition) is 2. The number of aliphatic carboxylic acids is 1. The minimum absolute atomic E-state index is 0.377. The van der Waals surface area contributed by atoms with Gasteiger partial charge in [-0.3, -0.25) is 9.20 Å². The van der Waals surface area contributed by atoms with Gasteiger partial charge < -0.3 is 10.4 Å². The van der Waals surface area contributed by atoms with Crippen LogP contribution >= 0.6 is 0 Å². The van der Waals surface area contributed by atoms with Gasteiger partial charge >= 0.3 is 5.97 Å². The Balaban J connectivity index is 1.80. The molecule has 0 spiro atoms. The first-order valence-electron chi connectivity index (χ1n) is 6.83. The summed E-state index contributed by atoms with van der Waals surface area (Å²) in [6.07, 6.45) is 9.48. The zero-order valence-corrected chi connectivity index (χ0v) is 11.1. The standard InChI is InChI=1S/C13H17N5O2/c19-12(20)13(4-2-1-3-5-13)8-15-10-11-17-16-9-18(11)7-6-14-10/h6-7,9H,1-5,8H2,(H,14,15)(H,19,20). The van der Waals surface area contributed by atoms with Crippen LogP contribution in [0, 0.1) is 5.41 Å². The van der Waals surface area contributed by atoms with E-state index in [9.17, 15) is 9.90 Å². The highest BCUT2D eigenvalue weighted by Crippen LogP contribution is 2.36. The minimum atomic E-state index is -0.724. The van der Waals surface area contributed by atoms with Gasteiger partial charge in [-0.15, -0.1) is 10.2 Å². The van der Waals surface area contributed by atoms with E-state index in [1.807, 2.05) is 0 Å². The van der Waals surface area contributed by atoms with E-state index in [1.165, 1.54) is 0 Å². The van der Waals surface area contributed by atoms with Crippen LogP contribution in [0.1, 0.15) is 32.1 Å². The summed E-state index contributed by atoms with van der Waals surface area (Å²) in [7, 11) is 0. The predicted molar refractivity (Wildman–Crippen MR) is 72.4 cm³/mol. The largest absolute Gasteiger partial charge is 0.481 e. The topological polar surface area (TPSA) is 92.4 Å². The molecule has 2 heterocycles. The van der Waals surface area contributed by atoms with E-state index in [0.717, 1.165) is 19.3 Å². The fraction of sp³-hybridized carbons (Fsp3) is 0.538. The van der Waals surface area contributed by atoms with Gasteiger partial charge in [0.25, 0.3) is 0 Å². The number of rotatable bonds is 4. The van der Waals surface area contributed by atoms with Crippen molar-refractivity contribution >= 4 is 17.4 Å². The molecule has 2 aromatic heterocycles. The number of hydrogen-bond acceptors (Lipinski definition) is 5. The third-order valence-electron chi connectivity index (χ3n) is 4.07. The molecule has 0 amide bonds. The van der Waals surface area contributed by atoms with Gasteiger partial charge in [0.2, 0.25) is 5.65 Å². The van der Waals surface area contributed by atoms with Crippen molar-refractivity contribution in [3.05, 3.63) is 18.7 Å². The summed E-state index contributed by atoms with van der Waals surface area (Å²) in [5.74, 6) is -0.144. The van der Waals surface area contributed by atoms with Gasteiger partial charge in [0.1, 0.15) is 6.33 Å². The smallest absolute Gasteiger partial charge is 0.311 e. The Labute approximate surface area is 116 Å². The summed E-state index contributed by atoms with van der Waals surface area (Å²) < 4.78 is 1.75. The van der Waals surface area contributed by atoms with E-state index in [2.05, 4.69) is 20.5 Å². The number of carboxylic acids is 1. The first kappa shape index (κ1) is 12.8. The normalized spacial score (nSPS) is 18.0. The predicted octanol–water partition coefficient (Wildman–Crippen LogP) is 1.57. The molecule has 1 aliphatic carbocycles. The fourth-order valence-electron chi connectivity index (χ4n) is 2.83. The molecule has 0 unspecified atom stereocenters. The molecule has 0 aliphatic heterocycles. The van der Waals surface area contributed by atoms with Gasteiger partial charge in [0, 0.05) is 18.9 Å². The lowest BCUT2D eigenvalue weighted by atomic mass is 9.74. The summed E-state index contributed by atoms with van der Waals surface area (Å²) in [6.45, 7) is 0.377. The Morgan fingerprint density at radius 1 is 1.40 bits per heavy atom. The number of aromatic nitrogens is 4. The lowest BCUT2D eigenvalue weighted by Crippen LogP contribution is -2.39. The number of nitrogens with zero attached hydrogens (tertiary/aromatic N) is 4. The van der Waals surface area contributed by atoms with E-state index in [1.54, 1.807) is 23.1 Å². The van der Waals surface area contributed by atoms with Crippen LogP contribution in [0.25, 0.3) is 5.65 Å². The number of anilines is 1. The van der Waals surface area contributed by atoms with Crippen LogP contribution in [-0.2, 0) is 4.79 Å². The molecule has 2 N–H and O–H groups in total. The van der Waals surface area contributed by atoms with Crippen LogP contribution in [0.4, 0.5) is 5.82 Å². The highest BCUT2D eigenvalue weighted by atomic mass is 16.4. The number of carbonyl (C=O) groups is 1. The molecule has 0 bridgehead atoms. The maximum Gasteiger partial charge on any atom is 0.311 e. The molecule has 7 nitrogen and oxygen atoms in total. The molecular weight excluding hydrogens is 258 g/mol. The van der Waals surface area contributed by atoms with Gasteiger partial charge in [0.05, 0.1) is 5.41 Å². The summed E-state index contributed by atoms with van der Waals surface area (Å²) in [4.78, 5) is 15.8. The average molecular weight is 275 g/mol. The summed E-state index contributed by atoms with van der Waals surface area (Å²) in [5.41, 5.74) is -0.0730. The van der Waals surface area contributed by atoms with Gasteiger partial charge in [-0.25, -0.2) is 4.98 Å². The van der Waals surface area contributed by atoms with Crippen LogP contribution in [0.5, 0.6) is 0 Å². The lowest BCUT2D eigenvalue weighted by Gasteiger charge is -2.33. The Kier molecular flexibility index (Phi) is 3.25. The zero-order chi connectivity index (χ0) is 14.0. The maximum absolute atomic E-state index is 11.6. The van der Waals surface area contributed by atoms with E-state index >= 15 is 0 Å². The summed E-state index contributed by atoms with van der Waals surface area (Å²) in [6, 6.07) is 0. The van der Waals surface area contributed by atoms with Crippen molar-refractivity contribution in [1.29, 1.82) is 0 Å². The average Bonchev–Trinajstić information content (AvgIpc) is 2.95. The second kappa shape index (κ2) is 5.07. The lowest BCUT2D eigenvalue weighted by molar-refractivity contribution is -0.150. The SMILES string of the molecule is O=C(O)C1(CNc2nccn3cnnc23)CCCCC1. The Hall–Kier alpha value is -2.18. The Morgan fingerprint density at radius 2 is 2.20 bits per heavy atom. The second-order valence-corrected chi connectivity index (χ2v) is 5.34. The highest BCUT2D eigenvalue weighted by Gasteiger charge is 2.39. The highest BCUT2D eigenvalue weighted by molar-refractivity contribution is 5.76. The molecule has 1 saturated carbocycles. The third-order valence-corrected chi connectivity index (χ3v) is 4.07. The molecule has 1 aliphatic rings. The number of carboxylic acid groups (broad SMARTS) is 1. The Bertz CT molecular complexity index is 618. The first-order chi connectivity index (χ1) is 9.71. The molecule has 0 radical (unpaired) electrons. The molecule has 2 aromatic rings. The zero-order valence-electron chi connectivity index (χ0n) is 11.1. The van der Waals surface area contributed by atoms with Crippen molar-refractivity contribution in [3.8, 4) is 0 Å².